The van der Waals surface area contributed by atoms with Crippen molar-refractivity contribution in [1.29, 1.82) is 0 Å². The quantitative estimate of drug-likeness (QED) is 0.853. The SMILES string of the molecule is COc1cc(Cl)c(C)cc1N1CC(C(=O)NCc2ccccc2C)CC1=O. The van der Waals surface area contributed by atoms with E-state index in [0.29, 0.717) is 29.5 Å². The van der Waals surface area contributed by atoms with Gasteiger partial charge in [0, 0.05) is 30.6 Å². The number of anilines is 1. The first-order valence-electron chi connectivity index (χ1n) is 8.87. The minimum atomic E-state index is -0.387. The van der Waals surface area contributed by atoms with Gasteiger partial charge in [-0.1, -0.05) is 35.9 Å². The average molecular weight is 387 g/mol. The number of halogens is 1. The van der Waals surface area contributed by atoms with Crippen LogP contribution in [0.15, 0.2) is 36.4 Å². The summed E-state index contributed by atoms with van der Waals surface area (Å²) in [5.74, 6) is -0.0630. The van der Waals surface area contributed by atoms with E-state index in [4.69, 9.17) is 16.3 Å². The Kier molecular flexibility index (Phi) is 5.71. The normalized spacial score (nSPS) is 16.5. The van der Waals surface area contributed by atoms with Crippen molar-refractivity contribution in [3.05, 3.63) is 58.1 Å². The molecule has 0 saturated carbocycles. The zero-order valence-corrected chi connectivity index (χ0v) is 16.5. The average Bonchev–Trinajstić information content (AvgIpc) is 3.04. The Morgan fingerprint density at radius 3 is 2.70 bits per heavy atom. The molecule has 3 rings (SSSR count). The van der Waals surface area contributed by atoms with Crippen LogP contribution in [-0.4, -0.2) is 25.5 Å². The number of carbonyl (C=O) groups excluding carboxylic acids is 2. The fourth-order valence-corrected chi connectivity index (χ4v) is 3.43. The molecule has 6 heteroatoms. The standard InChI is InChI=1S/C21H23ClN2O3/c1-13-6-4-5-7-15(13)11-23-21(26)16-9-20(25)24(12-16)18-8-14(2)17(22)10-19(18)27-3/h4-8,10,16H,9,11-12H2,1-3H3,(H,23,26). The van der Waals surface area contributed by atoms with Crippen molar-refractivity contribution < 1.29 is 14.3 Å². The fraction of sp³-hybridized carbons (Fsp3) is 0.333. The summed E-state index contributed by atoms with van der Waals surface area (Å²) in [5.41, 5.74) is 3.71. The predicted molar refractivity (Wildman–Crippen MR) is 106 cm³/mol. The number of benzene rings is 2. The number of nitrogens with one attached hydrogen (secondary N) is 1. The van der Waals surface area contributed by atoms with E-state index >= 15 is 0 Å². The molecule has 0 bridgehead atoms. The number of amides is 2. The molecule has 1 N–H and O–H groups in total. The minimum Gasteiger partial charge on any atom is -0.495 e. The van der Waals surface area contributed by atoms with Gasteiger partial charge in [-0.2, -0.15) is 0 Å². The second-order valence-electron chi connectivity index (χ2n) is 6.82. The molecule has 27 heavy (non-hydrogen) atoms. The molecule has 0 aromatic heterocycles. The van der Waals surface area contributed by atoms with Crippen molar-refractivity contribution in [2.75, 3.05) is 18.6 Å². The molecule has 1 unspecified atom stereocenters. The summed E-state index contributed by atoms with van der Waals surface area (Å²) in [6.45, 7) is 4.67. The summed E-state index contributed by atoms with van der Waals surface area (Å²) >= 11 is 6.15. The van der Waals surface area contributed by atoms with E-state index in [1.54, 1.807) is 11.0 Å². The second kappa shape index (κ2) is 8.01. The van der Waals surface area contributed by atoms with Crippen LogP contribution in [0.5, 0.6) is 5.75 Å². The summed E-state index contributed by atoms with van der Waals surface area (Å²) in [7, 11) is 1.54. The Hall–Kier alpha value is -2.53. The maximum absolute atomic E-state index is 12.6. The fourth-order valence-electron chi connectivity index (χ4n) is 3.27. The monoisotopic (exact) mass is 386 g/mol. The summed E-state index contributed by atoms with van der Waals surface area (Å²) in [5, 5.41) is 3.53. The molecule has 1 fully saturated rings. The maximum Gasteiger partial charge on any atom is 0.227 e. The van der Waals surface area contributed by atoms with Crippen molar-refractivity contribution in [3.63, 3.8) is 0 Å². The number of hydrogen-bond acceptors (Lipinski definition) is 3. The third kappa shape index (κ3) is 4.08. The highest BCUT2D eigenvalue weighted by Crippen LogP contribution is 2.37. The number of hydrogen-bond donors (Lipinski definition) is 1. The lowest BCUT2D eigenvalue weighted by molar-refractivity contribution is -0.126. The van der Waals surface area contributed by atoms with Gasteiger partial charge < -0.3 is 15.0 Å². The lowest BCUT2D eigenvalue weighted by Gasteiger charge is -2.20. The van der Waals surface area contributed by atoms with Gasteiger partial charge in [-0.05, 0) is 36.6 Å². The van der Waals surface area contributed by atoms with Gasteiger partial charge >= 0.3 is 0 Å². The van der Waals surface area contributed by atoms with E-state index < -0.39 is 0 Å². The van der Waals surface area contributed by atoms with Gasteiger partial charge in [0.25, 0.3) is 0 Å². The Labute approximate surface area is 164 Å². The molecule has 5 nitrogen and oxygen atoms in total. The smallest absolute Gasteiger partial charge is 0.227 e. The van der Waals surface area contributed by atoms with Crippen molar-refractivity contribution in [2.45, 2.75) is 26.8 Å². The number of methoxy groups -OCH3 is 1. The van der Waals surface area contributed by atoms with E-state index in [1.807, 2.05) is 44.2 Å². The van der Waals surface area contributed by atoms with Crippen LogP contribution in [0.3, 0.4) is 0 Å². The summed E-state index contributed by atoms with van der Waals surface area (Å²) < 4.78 is 5.38. The topological polar surface area (TPSA) is 58.6 Å². The van der Waals surface area contributed by atoms with Crippen LogP contribution in [0.1, 0.15) is 23.1 Å². The van der Waals surface area contributed by atoms with Crippen LogP contribution in [-0.2, 0) is 16.1 Å². The molecule has 1 saturated heterocycles. The van der Waals surface area contributed by atoms with Gasteiger partial charge in [-0.25, -0.2) is 0 Å². The first kappa shape index (κ1) is 19.2. The molecular weight excluding hydrogens is 364 g/mol. The maximum atomic E-state index is 12.6. The molecule has 0 radical (unpaired) electrons. The lowest BCUT2D eigenvalue weighted by Crippen LogP contribution is -2.32. The molecule has 2 aromatic rings. The van der Waals surface area contributed by atoms with Gasteiger partial charge in [0.15, 0.2) is 0 Å². The molecule has 1 aliphatic heterocycles. The number of rotatable bonds is 5. The highest BCUT2D eigenvalue weighted by atomic mass is 35.5. The summed E-state index contributed by atoms with van der Waals surface area (Å²) in [4.78, 5) is 26.7. The van der Waals surface area contributed by atoms with Crippen LogP contribution in [0.25, 0.3) is 0 Å². The van der Waals surface area contributed by atoms with Crippen molar-refractivity contribution in [2.24, 2.45) is 5.92 Å². The van der Waals surface area contributed by atoms with E-state index in [9.17, 15) is 9.59 Å². The van der Waals surface area contributed by atoms with Gasteiger partial charge in [-0.15, -0.1) is 0 Å². The van der Waals surface area contributed by atoms with Crippen molar-refractivity contribution >= 4 is 29.1 Å². The van der Waals surface area contributed by atoms with Crippen molar-refractivity contribution in [3.8, 4) is 5.75 Å². The molecule has 1 aliphatic rings. The Morgan fingerprint density at radius 2 is 2.00 bits per heavy atom. The third-order valence-corrected chi connectivity index (χ3v) is 5.37. The van der Waals surface area contributed by atoms with Gasteiger partial charge in [-0.3, -0.25) is 9.59 Å². The molecular formula is C21H23ClN2O3. The number of nitrogens with zero attached hydrogens (tertiary/aromatic N) is 1. The Bertz CT molecular complexity index is 882. The highest BCUT2D eigenvalue weighted by Gasteiger charge is 2.36. The van der Waals surface area contributed by atoms with E-state index in [2.05, 4.69) is 5.32 Å². The molecule has 142 valence electrons. The van der Waals surface area contributed by atoms with Crippen molar-refractivity contribution in [1.82, 2.24) is 5.32 Å². The second-order valence-corrected chi connectivity index (χ2v) is 7.23. The summed E-state index contributed by atoms with van der Waals surface area (Å²) in [6.07, 6.45) is 0.185. The van der Waals surface area contributed by atoms with E-state index in [1.165, 1.54) is 7.11 Å². The summed E-state index contributed by atoms with van der Waals surface area (Å²) in [6, 6.07) is 11.4. The van der Waals surface area contributed by atoms with E-state index in [0.717, 1.165) is 16.7 Å². The molecule has 1 atom stereocenters. The number of carbonyl (C=O) groups is 2. The van der Waals surface area contributed by atoms with Crippen LogP contribution < -0.4 is 15.0 Å². The Morgan fingerprint density at radius 1 is 1.26 bits per heavy atom. The molecule has 0 spiro atoms. The largest absolute Gasteiger partial charge is 0.495 e. The number of aryl methyl sites for hydroxylation is 2. The highest BCUT2D eigenvalue weighted by molar-refractivity contribution is 6.31. The van der Waals surface area contributed by atoms with Gasteiger partial charge in [0.2, 0.25) is 11.8 Å². The van der Waals surface area contributed by atoms with Crippen LogP contribution in [0.4, 0.5) is 5.69 Å². The number of ether oxygens (including phenoxy) is 1. The molecule has 2 amide bonds. The lowest BCUT2D eigenvalue weighted by atomic mass is 10.1. The zero-order valence-electron chi connectivity index (χ0n) is 15.7. The van der Waals surface area contributed by atoms with Crippen LogP contribution in [0.2, 0.25) is 5.02 Å². The zero-order chi connectivity index (χ0) is 19.6. The molecule has 2 aromatic carbocycles. The molecule has 1 heterocycles. The Balaban J connectivity index is 1.71. The van der Waals surface area contributed by atoms with E-state index in [-0.39, 0.29) is 24.2 Å². The third-order valence-electron chi connectivity index (χ3n) is 4.96. The first-order valence-corrected chi connectivity index (χ1v) is 9.25. The minimum absolute atomic E-state index is 0.0916. The van der Waals surface area contributed by atoms with Crippen LogP contribution in [0, 0.1) is 19.8 Å². The van der Waals surface area contributed by atoms with Gasteiger partial charge in [0.05, 0.1) is 18.7 Å². The predicted octanol–water partition coefficient (Wildman–Crippen LogP) is 3.63. The van der Waals surface area contributed by atoms with Crippen LogP contribution >= 0.6 is 11.6 Å². The van der Waals surface area contributed by atoms with Gasteiger partial charge in [0.1, 0.15) is 5.75 Å². The first-order chi connectivity index (χ1) is 12.9. The molecule has 0 aliphatic carbocycles.